The highest BCUT2D eigenvalue weighted by Crippen LogP contribution is 2.30. The molecule has 3 N–H and O–H groups in total. The molecule has 0 bridgehead atoms. The molecule has 4 nitrogen and oxygen atoms in total. The summed E-state index contributed by atoms with van der Waals surface area (Å²) in [7, 11) is 0. The Morgan fingerprint density at radius 1 is 1.33 bits per heavy atom. The topological polar surface area (TPSA) is 68.0 Å². The van der Waals surface area contributed by atoms with E-state index in [-0.39, 0.29) is 5.91 Å². The number of nitrogens with one attached hydrogen (secondary N) is 1. The summed E-state index contributed by atoms with van der Waals surface area (Å²) in [5.41, 5.74) is 6.60. The molecular weight excluding hydrogens is 282 g/mol. The Labute approximate surface area is 131 Å². The molecule has 1 saturated carbocycles. The number of hydrogen-bond donors (Lipinski definition) is 2. The van der Waals surface area contributed by atoms with Gasteiger partial charge in [0.25, 0.3) is 5.91 Å². The smallest absolute Gasteiger partial charge is 0.269 e. The lowest BCUT2D eigenvalue weighted by molar-refractivity contribution is 0.0936. The van der Waals surface area contributed by atoms with Crippen molar-refractivity contribution < 1.29 is 4.79 Å². The largest absolute Gasteiger partial charge is 0.389 e. The van der Waals surface area contributed by atoms with Crippen LogP contribution in [0.4, 0.5) is 0 Å². The van der Waals surface area contributed by atoms with E-state index >= 15 is 0 Å². The maximum atomic E-state index is 12.1. The highest BCUT2D eigenvalue weighted by atomic mass is 32.1. The predicted octanol–water partition coefficient (Wildman–Crippen LogP) is 2.66. The van der Waals surface area contributed by atoms with Crippen LogP contribution in [-0.2, 0) is 0 Å². The fraction of sp³-hybridized carbons (Fsp3) is 0.562. The molecule has 0 saturated heterocycles. The minimum atomic E-state index is -0.123. The van der Waals surface area contributed by atoms with Crippen molar-refractivity contribution in [3.8, 4) is 0 Å². The summed E-state index contributed by atoms with van der Waals surface area (Å²) in [6.45, 7) is 3.00. The maximum Gasteiger partial charge on any atom is 0.269 e. The second kappa shape index (κ2) is 7.50. The summed E-state index contributed by atoms with van der Waals surface area (Å²) in [5.74, 6) is 1.36. The zero-order valence-electron chi connectivity index (χ0n) is 12.5. The van der Waals surface area contributed by atoms with Crippen molar-refractivity contribution in [3.63, 3.8) is 0 Å². The van der Waals surface area contributed by atoms with Gasteiger partial charge < -0.3 is 11.1 Å². The molecule has 1 aliphatic rings. The van der Waals surface area contributed by atoms with Crippen molar-refractivity contribution in [2.45, 2.75) is 39.0 Å². The summed E-state index contributed by atoms with van der Waals surface area (Å²) in [6.07, 6.45) is 7.83. The molecule has 0 unspecified atom stereocenters. The molecule has 114 valence electrons. The Hall–Kier alpha value is -1.49. The van der Waals surface area contributed by atoms with Crippen LogP contribution in [0, 0.1) is 11.8 Å². The third kappa shape index (κ3) is 4.49. The Morgan fingerprint density at radius 3 is 2.52 bits per heavy atom. The van der Waals surface area contributed by atoms with Gasteiger partial charge in [0, 0.05) is 18.3 Å². The summed E-state index contributed by atoms with van der Waals surface area (Å²) < 4.78 is 0. The first-order valence-electron chi connectivity index (χ1n) is 7.64. The molecule has 2 rings (SSSR count). The standard InChI is InChI=1S/C16H23N3OS/c1-2-11-3-5-12(6-4-11)9-19-16(20)14-8-7-13(10-18-14)15(17)21/h7-8,10-12H,2-6,9H2,1H3,(H2,17,21)(H,19,20). The van der Waals surface area contributed by atoms with E-state index in [4.69, 9.17) is 18.0 Å². The van der Waals surface area contributed by atoms with Gasteiger partial charge in [-0.25, -0.2) is 0 Å². The van der Waals surface area contributed by atoms with Gasteiger partial charge in [-0.2, -0.15) is 0 Å². The second-order valence-corrected chi connectivity index (χ2v) is 6.24. The summed E-state index contributed by atoms with van der Waals surface area (Å²) >= 11 is 4.86. The van der Waals surface area contributed by atoms with Crippen molar-refractivity contribution in [1.82, 2.24) is 10.3 Å². The number of nitrogens with zero attached hydrogens (tertiary/aromatic N) is 1. The van der Waals surface area contributed by atoms with E-state index in [9.17, 15) is 4.79 Å². The number of hydrogen-bond acceptors (Lipinski definition) is 3. The Morgan fingerprint density at radius 2 is 2.00 bits per heavy atom. The van der Waals surface area contributed by atoms with E-state index in [1.165, 1.54) is 32.1 Å². The molecule has 0 atom stereocenters. The second-order valence-electron chi connectivity index (χ2n) is 5.80. The highest BCUT2D eigenvalue weighted by Gasteiger charge is 2.20. The van der Waals surface area contributed by atoms with Crippen LogP contribution in [0.3, 0.4) is 0 Å². The van der Waals surface area contributed by atoms with Gasteiger partial charge >= 0.3 is 0 Å². The lowest BCUT2D eigenvalue weighted by Crippen LogP contribution is -2.31. The SMILES string of the molecule is CCC1CCC(CNC(=O)c2ccc(C(N)=S)cn2)CC1. The predicted molar refractivity (Wildman–Crippen MR) is 88.2 cm³/mol. The zero-order chi connectivity index (χ0) is 15.2. The average molecular weight is 305 g/mol. The monoisotopic (exact) mass is 305 g/mol. The normalized spacial score (nSPS) is 21.8. The van der Waals surface area contributed by atoms with Crippen molar-refractivity contribution in [3.05, 3.63) is 29.6 Å². The molecule has 1 amide bonds. The number of nitrogens with two attached hydrogens (primary N) is 1. The average Bonchev–Trinajstić information content (AvgIpc) is 2.53. The Kier molecular flexibility index (Phi) is 5.67. The number of carbonyl (C=O) groups excluding carboxylic acids is 1. The van der Waals surface area contributed by atoms with Crippen LogP contribution < -0.4 is 11.1 Å². The molecule has 1 heterocycles. The summed E-state index contributed by atoms with van der Waals surface area (Å²) in [6, 6.07) is 3.40. The van der Waals surface area contributed by atoms with Gasteiger partial charge in [0.2, 0.25) is 0 Å². The van der Waals surface area contributed by atoms with E-state index < -0.39 is 0 Å². The number of pyridine rings is 1. The van der Waals surface area contributed by atoms with E-state index in [1.54, 1.807) is 18.3 Å². The van der Waals surface area contributed by atoms with Crippen molar-refractivity contribution in [2.75, 3.05) is 6.54 Å². The first kappa shape index (κ1) is 15.9. The van der Waals surface area contributed by atoms with Gasteiger partial charge in [0.05, 0.1) is 0 Å². The highest BCUT2D eigenvalue weighted by molar-refractivity contribution is 7.80. The lowest BCUT2D eigenvalue weighted by Gasteiger charge is -2.27. The zero-order valence-corrected chi connectivity index (χ0v) is 13.3. The quantitative estimate of drug-likeness (QED) is 0.821. The van der Waals surface area contributed by atoms with Crippen LogP contribution in [0.5, 0.6) is 0 Å². The van der Waals surface area contributed by atoms with Gasteiger partial charge in [0.1, 0.15) is 10.7 Å². The molecule has 1 aromatic heterocycles. The maximum absolute atomic E-state index is 12.1. The molecule has 1 aliphatic carbocycles. The van der Waals surface area contributed by atoms with Crippen LogP contribution in [-0.4, -0.2) is 22.4 Å². The van der Waals surface area contributed by atoms with Crippen LogP contribution in [0.25, 0.3) is 0 Å². The molecule has 1 fully saturated rings. The molecule has 0 spiro atoms. The van der Waals surface area contributed by atoms with Gasteiger partial charge in [-0.1, -0.05) is 38.4 Å². The van der Waals surface area contributed by atoms with E-state index in [0.717, 1.165) is 12.5 Å². The van der Waals surface area contributed by atoms with Gasteiger partial charge in [-0.15, -0.1) is 0 Å². The molecule has 21 heavy (non-hydrogen) atoms. The third-order valence-electron chi connectivity index (χ3n) is 4.38. The third-order valence-corrected chi connectivity index (χ3v) is 4.61. The minimum Gasteiger partial charge on any atom is -0.389 e. The number of rotatable bonds is 5. The van der Waals surface area contributed by atoms with E-state index in [0.29, 0.717) is 22.2 Å². The summed E-state index contributed by atoms with van der Waals surface area (Å²) in [5, 5.41) is 2.98. The van der Waals surface area contributed by atoms with Gasteiger partial charge in [-0.3, -0.25) is 9.78 Å². The van der Waals surface area contributed by atoms with Gasteiger partial charge in [0.15, 0.2) is 0 Å². The van der Waals surface area contributed by atoms with Crippen molar-refractivity contribution in [1.29, 1.82) is 0 Å². The first-order valence-corrected chi connectivity index (χ1v) is 8.05. The molecular formula is C16H23N3OS. The molecule has 1 aromatic rings. The van der Waals surface area contributed by atoms with Crippen LogP contribution >= 0.6 is 12.2 Å². The Balaban J connectivity index is 1.80. The lowest BCUT2D eigenvalue weighted by atomic mass is 9.81. The summed E-state index contributed by atoms with van der Waals surface area (Å²) in [4.78, 5) is 16.5. The number of amides is 1. The molecule has 0 aliphatic heterocycles. The number of aromatic nitrogens is 1. The van der Waals surface area contributed by atoms with Crippen LogP contribution in [0.2, 0.25) is 0 Å². The molecule has 0 aromatic carbocycles. The molecule has 0 radical (unpaired) electrons. The fourth-order valence-corrected chi connectivity index (χ4v) is 2.97. The van der Waals surface area contributed by atoms with Crippen LogP contribution in [0.15, 0.2) is 18.3 Å². The first-order chi connectivity index (χ1) is 10.1. The number of carbonyl (C=O) groups is 1. The Bertz CT molecular complexity index is 493. The molecule has 5 heteroatoms. The van der Waals surface area contributed by atoms with Crippen LogP contribution in [0.1, 0.15) is 55.1 Å². The fourth-order valence-electron chi connectivity index (χ4n) is 2.85. The van der Waals surface area contributed by atoms with E-state index in [1.807, 2.05) is 0 Å². The van der Waals surface area contributed by atoms with E-state index in [2.05, 4.69) is 17.2 Å². The number of thiocarbonyl (C=S) groups is 1. The van der Waals surface area contributed by atoms with Gasteiger partial charge in [-0.05, 0) is 36.8 Å². The minimum absolute atomic E-state index is 0.123. The van der Waals surface area contributed by atoms with Crippen molar-refractivity contribution in [2.24, 2.45) is 17.6 Å². The van der Waals surface area contributed by atoms with Crippen molar-refractivity contribution >= 4 is 23.1 Å².